The van der Waals surface area contributed by atoms with Crippen LogP contribution in [0.2, 0.25) is 0 Å². The van der Waals surface area contributed by atoms with Crippen LogP contribution >= 0.6 is 15.9 Å². The number of ether oxygens (including phenoxy) is 1. The number of amides is 1. The molecule has 4 nitrogen and oxygen atoms in total. The minimum Gasteiger partial charge on any atom is -0.488 e. The van der Waals surface area contributed by atoms with Crippen LogP contribution in [0.25, 0.3) is 6.08 Å². The summed E-state index contributed by atoms with van der Waals surface area (Å²) in [6.07, 6.45) is 1.82. The van der Waals surface area contributed by atoms with Crippen molar-refractivity contribution in [3.8, 4) is 5.75 Å². The molecule has 150 valence electrons. The van der Waals surface area contributed by atoms with E-state index in [1.54, 1.807) is 12.1 Å². The quantitative estimate of drug-likeness (QED) is 0.436. The van der Waals surface area contributed by atoms with Gasteiger partial charge in [0.05, 0.1) is 21.4 Å². The van der Waals surface area contributed by atoms with Gasteiger partial charge in [-0.05, 0) is 76.5 Å². The first kappa shape index (κ1) is 20.0. The highest BCUT2D eigenvalue weighted by Crippen LogP contribution is 2.29. The van der Waals surface area contributed by atoms with E-state index >= 15 is 0 Å². The molecule has 6 heteroatoms. The molecule has 0 saturated heterocycles. The van der Waals surface area contributed by atoms with Crippen molar-refractivity contribution < 1.29 is 13.9 Å². The van der Waals surface area contributed by atoms with Gasteiger partial charge in [-0.15, -0.1) is 0 Å². The van der Waals surface area contributed by atoms with Crippen molar-refractivity contribution >= 4 is 39.3 Å². The van der Waals surface area contributed by atoms with Crippen molar-refractivity contribution in [3.63, 3.8) is 0 Å². The summed E-state index contributed by atoms with van der Waals surface area (Å²) in [6, 6.07) is 21.1. The number of carbonyl (C=O) groups excluding carboxylic acids is 1. The summed E-state index contributed by atoms with van der Waals surface area (Å²) in [5.41, 5.74) is 3.67. The zero-order valence-electron chi connectivity index (χ0n) is 16.2. The lowest BCUT2D eigenvalue weighted by Gasteiger charge is -2.11. The summed E-state index contributed by atoms with van der Waals surface area (Å²) in [7, 11) is 0. The monoisotopic (exact) mass is 464 g/mol. The van der Waals surface area contributed by atoms with Crippen molar-refractivity contribution in [1.82, 2.24) is 0 Å². The molecule has 0 aliphatic carbocycles. The molecule has 1 aliphatic heterocycles. The molecular formula is C24H18BrFN2O2. The molecule has 0 bridgehead atoms. The summed E-state index contributed by atoms with van der Waals surface area (Å²) in [5.74, 6) is 0.227. The Morgan fingerprint density at radius 2 is 1.80 bits per heavy atom. The highest BCUT2D eigenvalue weighted by Gasteiger charge is 2.28. The van der Waals surface area contributed by atoms with E-state index in [0.717, 1.165) is 21.3 Å². The van der Waals surface area contributed by atoms with Gasteiger partial charge in [-0.1, -0.05) is 36.4 Å². The maximum absolute atomic E-state index is 13.0. The Labute approximate surface area is 182 Å². The molecule has 0 aromatic heterocycles. The Kier molecular flexibility index (Phi) is 5.77. The zero-order valence-corrected chi connectivity index (χ0v) is 17.8. The summed E-state index contributed by atoms with van der Waals surface area (Å²) in [4.78, 5) is 12.8. The summed E-state index contributed by atoms with van der Waals surface area (Å²) in [6.45, 7) is 2.15. The smallest absolute Gasteiger partial charge is 0.280 e. The maximum Gasteiger partial charge on any atom is 0.280 e. The lowest BCUT2D eigenvalue weighted by molar-refractivity contribution is -0.114. The fraction of sp³-hybridized carbons (Fsp3) is 0.0833. The largest absolute Gasteiger partial charge is 0.488 e. The molecule has 0 atom stereocenters. The first-order chi connectivity index (χ1) is 14.5. The van der Waals surface area contributed by atoms with Crippen LogP contribution in [0.1, 0.15) is 18.1 Å². The summed E-state index contributed by atoms with van der Waals surface area (Å²) in [5, 5.41) is 5.81. The van der Waals surface area contributed by atoms with Crippen LogP contribution in [0.3, 0.4) is 0 Å². The molecule has 0 spiro atoms. The van der Waals surface area contributed by atoms with Crippen LogP contribution in [0, 0.1) is 5.82 Å². The number of anilines is 1. The number of benzene rings is 3. The molecule has 0 saturated carbocycles. The Balaban J connectivity index is 1.50. The molecule has 1 amide bonds. The van der Waals surface area contributed by atoms with Crippen molar-refractivity contribution in [2.45, 2.75) is 13.5 Å². The van der Waals surface area contributed by atoms with E-state index < -0.39 is 0 Å². The standard InChI is InChI=1S/C24H18BrFN2O2/c1-16-21(24(29)28(27-16)20-5-3-2-4-6-20)13-18-9-12-23(22(25)14-18)30-15-17-7-10-19(26)11-8-17/h2-14H,15H2,1H3/b21-13+. The molecule has 1 aliphatic rings. The second-order valence-electron chi connectivity index (χ2n) is 6.80. The van der Waals surface area contributed by atoms with Gasteiger partial charge in [-0.25, -0.2) is 4.39 Å². The number of halogens is 2. The molecule has 0 N–H and O–H groups in total. The van der Waals surface area contributed by atoms with Gasteiger partial charge in [0.1, 0.15) is 18.2 Å². The summed E-state index contributed by atoms with van der Waals surface area (Å²) >= 11 is 3.52. The SMILES string of the molecule is CC1=NN(c2ccccc2)C(=O)/C1=C/c1ccc(OCc2ccc(F)cc2)c(Br)c1. The molecule has 1 heterocycles. The Morgan fingerprint density at radius 3 is 2.50 bits per heavy atom. The average Bonchev–Trinajstić information content (AvgIpc) is 3.03. The zero-order chi connectivity index (χ0) is 21.1. The number of para-hydroxylation sites is 1. The predicted molar refractivity (Wildman–Crippen MR) is 120 cm³/mol. The van der Waals surface area contributed by atoms with Crippen LogP contribution in [0.4, 0.5) is 10.1 Å². The predicted octanol–water partition coefficient (Wildman–Crippen LogP) is 5.97. The second-order valence-corrected chi connectivity index (χ2v) is 7.66. The Morgan fingerprint density at radius 1 is 1.07 bits per heavy atom. The normalized spacial score (nSPS) is 14.9. The summed E-state index contributed by atoms with van der Waals surface area (Å²) < 4.78 is 19.6. The van der Waals surface area contributed by atoms with Gasteiger partial charge in [-0.2, -0.15) is 10.1 Å². The van der Waals surface area contributed by atoms with Gasteiger partial charge >= 0.3 is 0 Å². The third kappa shape index (κ3) is 4.33. The first-order valence-electron chi connectivity index (χ1n) is 9.35. The van der Waals surface area contributed by atoms with E-state index in [2.05, 4.69) is 21.0 Å². The molecule has 3 aromatic carbocycles. The maximum atomic E-state index is 13.0. The van der Waals surface area contributed by atoms with E-state index in [1.807, 2.05) is 61.5 Å². The Bertz CT molecular complexity index is 1140. The van der Waals surface area contributed by atoms with Crippen LogP contribution in [0.5, 0.6) is 5.75 Å². The number of hydrogen-bond donors (Lipinski definition) is 0. The third-order valence-electron chi connectivity index (χ3n) is 4.64. The third-order valence-corrected chi connectivity index (χ3v) is 5.26. The molecule has 30 heavy (non-hydrogen) atoms. The van der Waals surface area contributed by atoms with E-state index in [1.165, 1.54) is 17.1 Å². The van der Waals surface area contributed by atoms with Crippen molar-refractivity contribution in [2.75, 3.05) is 5.01 Å². The number of rotatable bonds is 5. The molecule has 0 radical (unpaired) electrons. The average molecular weight is 465 g/mol. The van der Waals surface area contributed by atoms with Gasteiger partial charge in [-0.3, -0.25) is 4.79 Å². The molecular weight excluding hydrogens is 447 g/mol. The van der Waals surface area contributed by atoms with Crippen molar-refractivity contribution in [1.29, 1.82) is 0 Å². The van der Waals surface area contributed by atoms with Gasteiger partial charge in [0, 0.05) is 0 Å². The van der Waals surface area contributed by atoms with E-state index in [0.29, 0.717) is 23.6 Å². The van der Waals surface area contributed by atoms with E-state index in [-0.39, 0.29) is 11.7 Å². The number of hydrazone groups is 1. The minimum atomic E-state index is -0.275. The van der Waals surface area contributed by atoms with Crippen LogP contribution in [0.15, 0.2) is 87.9 Å². The van der Waals surface area contributed by atoms with E-state index in [9.17, 15) is 9.18 Å². The highest BCUT2D eigenvalue weighted by atomic mass is 79.9. The molecule has 3 aromatic rings. The fourth-order valence-corrected chi connectivity index (χ4v) is 3.57. The Hall–Kier alpha value is -3.25. The number of carbonyl (C=O) groups is 1. The molecule has 4 rings (SSSR count). The van der Waals surface area contributed by atoms with Gasteiger partial charge in [0.25, 0.3) is 5.91 Å². The molecule has 0 fully saturated rings. The van der Waals surface area contributed by atoms with Crippen molar-refractivity contribution in [2.24, 2.45) is 5.10 Å². The van der Waals surface area contributed by atoms with Gasteiger partial charge in [0.15, 0.2) is 0 Å². The van der Waals surface area contributed by atoms with Gasteiger partial charge < -0.3 is 4.74 Å². The second kappa shape index (κ2) is 8.63. The van der Waals surface area contributed by atoms with Crippen LogP contribution < -0.4 is 9.75 Å². The first-order valence-corrected chi connectivity index (χ1v) is 10.1. The van der Waals surface area contributed by atoms with E-state index in [4.69, 9.17) is 4.74 Å². The lowest BCUT2D eigenvalue weighted by Crippen LogP contribution is -2.21. The topological polar surface area (TPSA) is 41.9 Å². The minimum absolute atomic E-state index is 0.161. The van der Waals surface area contributed by atoms with Crippen LogP contribution in [-0.4, -0.2) is 11.6 Å². The molecule has 0 unspecified atom stereocenters. The van der Waals surface area contributed by atoms with Gasteiger partial charge in [0.2, 0.25) is 0 Å². The lowest BCUT2D eigenvalue weighted by atomic mass is 10.1. The number of nitrogens with zero attached hydrogens (tertiary/aromatic N) is 2. The fourth-order valence-electron chi connectivity index (χ4n) is 3.06. The highest BCUT2D eigenvalue weighted by molar-refractivity contribution is 9.10. The van der Waals surface area contributed by atoms with Crippen molar-refractivity contribution in [3.05, 3.63) is 99.8 Å². The number of hydrogen-bond acceptors (Lipinski definition) is 3. The van der Waals surface area contributed by atoms with Crippen LogP contribution in [-0.2, 0) is 11.4 Å².